The summed E-state index contributed by atoms with van der Waals surface area (Å²) < 4.78 is 23.1. The zero-order valence-corrected chi connectivity index (χ0v) is 14.9. The van der Waals surface area contributed by atoms with Crippen molar-refractivity contribution in [2.75, 3.05) is 37.7 Å². The molecule has 0 saturated carbocycles. The Morgan fingerprint density at radius 1 is 1.04 bits per heavy atom. The van der Waals surface area contributed by atoms with Gasteiger partial charge in [0.25, 0.3) is 11.6 Å². The van der Waals surface area contributed by atoms with Crippen LogP contribution in [-0.4, -0.2) is 72.6 Å². The minimum absolute atomic E-state index is 0.0575. The van der Waals surface area contributed by atoms with Crippen LogP contribution < -0.4 is 0 Å². The third-order valence-corrected chi connectivity index (χ3v) is 6.55. The Morgan fingerprint density at radius 2 is 1.62 bits per heavy atom. The molecule has 0 aliphatic carbocycles. The summed E-state index contributed by atoms with van der Waals surface area (Å²) in [5, 5.41) is 10.7. The Kier molecular flexibility index (Phi) is 4.94. The second-order valence-electron chi connectivity index (χ2n) is 6.52. The molecule has 26 heavy (non-hydrogen) atoms. The average Bonchev–Trinajstić information content (AvgIpc) is 3.00. The Hall–Kier alpha value is -2.49. The van der Waals surface area contributed by atoms with Gasteiger partial charge in [-0.1, -0.05) is 0 Å². The van der Waals surface area contributed by atoms with Crippen LogP contribution in [0, 0.1) is 16.0 Å². The van der Waals surface area contributed by atoms with Gasteiger partial charge in [-0.15, -0.1) is 0 Å². The van der Waals surface area contributed by atoms with E-state index in [9.17, 15) is 28.1 Å². The molecule has 2 aliphatic rings. The molecule has 140 valence electrons. The van der Waals surface area contributed by atoms with Gasteiger partial charge in [-0.2, -0.15) is 0 Å². The van der Waals surface area contributed by atoms with Gasteiger partial charge in [-0.05, 0) is 18.6 Å². The third kappa shape index (κ3) is 3.85. The first-order chi connectivity index (χ1) is 12.3. The van der Waals surface area contributed by atoms with Gasteiger partial charge in [0.15, 0.2) is 9.84 Å². The van der Waals surface area contributed by atoms with Crippen molar-refractivity contribution in [3.63, 3.8) is 0 Å². The van der Waals surface area contributed by atoms with E-state index in [2.05, 4.69) is 0 Å². The van der Waals surface area contributed by atoms with E-state index in [1.165, 1.54) is 24.3 Å². The molecule has 1 aromatic carbocycles. The van der Waals surface area contributed by atoms with E-state index >= 15 is 0 Å². The van der Waals surface area contributed by atoms with E-state index in [4.69, 9.17) is 0 Å². The van der Waals surface area contributed by atoms with Crippen LogP contribution in [0.4, 0.5) is 5.69 Å². The monoisotopic (exact) mass is 381 g/mol. The highest BCUT2D eigenvalue weighted by molar-refractivity contribution is 7.91. The predicted octanol–water partition coefficient (Wildman–Crippen LogP) is 0.314. The van der Waals surface area contributed by atoms with Crippen molar-refractivity contribution in [3.05, 3.63) is 39.9 Å². The predicted molar refractivity (Wildman–Crippen MR) is 92.3 cm³/mol. The van der Waals surface area contributed by atoms with E-state index in [0.717, 1.165) is 0 Å². The number of nitrogens with zero attached hydrogens (tertiary/aromatic N) is 3. The number of amides is 2. The lowest BCUT2D eigenvalue weighted by Gasteiger charge is -2.35. The number of piperazine rings is 1. The van der Waals surface area contributed by atoms with Crippen LogP contribution in [0.15, 0.2) is 24.3 Å². The molecule has 2 amide bonds. The highest BCUT2D eigenvalue weighted by atomic mass is 32.2. The number of carbonyl (C=O) groups is 2. The number of sulfone groups is 1. The molecule has 9 nitrogen and oxygen atoms in total. The van der Waals surface area contributed by atoms with Crippen LogP contribution in [0.3, 0.4) is 0 Å². The minimum atomic E-state index is -3.11. The maximum atomic E-state index is 12.5. The third-order valence-electron chi connectivity index (χ3n) is 4.79. The van der Waals surface area contributed by atoms with Crippen molar-refractivity contribution in [1.29, 1.82) is 0 Å². The van der Waals surface area contributed by atoms with E-state index in [1.807, 2.05) is 0 Å². The van der Waals surface area contributed by atoms with E-state index in [0.29, 0.717) is 38.2 Å². The topological polar surface area (TPSA) is 118 Å². The molecule has 2 saturated heterocycles. The van der Waals surface area contributed by atoms with Crippen LogP contribution in [0.25, 0.3) is 0 Å². The molecular formula is C16H19N3O6S. The molecule has 0 N–H and O–H groups in total. The highest BCUT2D eigenvalue weighted by Gasteiger charge is 2.36. The number of non-ortho nitro benzene ring substituents is 1. The summed E-state index contributed by atoms with van der Waals surface area (Å²) in [4.78, 5) is 38.3. The average molecular weight is 381 g/mol. The lowest BCUT2D eigenvalue weighted by molar-refractivity contribution is -0.384. The molecule has 0 unspecified atom stereocenters. The number of carbonyl (C=O) groups excluding carboxylic acids is 2. The smallest absolute Gasteiger partial charge is 0.269 e. The fraction of sp³-hybridized carbons (Fsp3) is 0.500. The van der Waals surface area contributed by atoms with Crippen LogP contribution in [0.1, 0.15) is 16.8 Å². The Balaban J connectivity index is 1.57. The van der Waals surface area contributed by atoms with Gasteiger partial charge >= 0.3 is 0 Å². The number of benzene rings is 1. The summed E-state index contributed by atoms with van der Waals surface area (Å²) in [7, 11) is -3.11. The van der Waals surface area contributed by atoms with Crippen molar-refractivity contribution in [1.82, 2.24) is 9.80 Å². The van der Waals surface area contributed by atoms with E-state index < -0.39 is 20.7 Å². The molecule has 2 heterocycles. The van der Waals surface area contributed by atoms with Gasteiger partial charge < -0.3 is 9.80 Å². The van der Waals surface area contributed by atoms with Gasteiger partial charge in [0.2, 0.25) is 5.91 Å². The maximum absolute atomic E-state index is 12.5. The normalized spacial score (nSPS) is 22.2. The van der Waals surface area contributed by atoms with Crippen molar-refractivity contribution < 1.29 is 22.9 Å². The second kappa shape index (κ2) is 7.02. The Bertz CT molecular complexity index is 828. The summed E-state index contributed by atoms with van der Waals surface area (Å²) in [6, 6.07) is 5.41. The Morgan fingerprint density at radius 3 is 2.12 bits per heavy atom. The standard InChI is InChI=1S/C16H19N3O6S/c20-15(12-1-3-14(4-2-12)19(22)23)17-6-8-18(9-7-17)16(21)13-5-10-26(24,25)11-13/h1-4,13H,5-11H2/t13-/m0/s1. The summed E-state index contributed by atoms with van der Waals surface area (Å²) >= 11 is 0. The maximum Gasteiger partial charge on any atom is 0.269 e. The summed E-state index contributed by atoms with van der Waals surface area (Å²) in [5.74, 6) is -0.906. The number of hydrogen-bond donors (Lipinski definition) is 0. The number of nitro groups is 1. The molecule has 1 aromatic rings. The zero-order chi connectivity index (χ0) is 18.9. The molecule has 1 atom stereocenters. The lowest BCUT2D eigenvalue weighted by Crippen LogP contribution is -2.52. The van der Waals surface area contributed by atoms with Gasteiger partial charge in [-0.25, -0.2) is 8.42 Å². The van der Waals surface area contributed by atoms with Crippen molar-refractivity contribution in [2.24, 2.45) is 5.92 Å². The molecular weight excluding hydrogens is 362 g/mol. The summed E-state index contributed by atoms with van der Waals surface area (Å²) in [6.07, 6.45) is 0.364. The van der Waals surface area contributed by atoms with Gasteiger partial charge in [-0.3, -0.25) is 19.7 Å². The van der Waals surface area contributed by atoms with Crippen LogP contribution in [-0.2, 0) is 14.6 Å². The zero-order valence-electron chi connectivity index (χ0n) is 14.0. The summed E-state index contributed by atoms with van der Waals surface area (Å²) in [5.41, 5.74) is 0.278. The lowest BCUT2D eigenvalue weighted by atomic mass is 10.1. The van der Waals surface area contributed by atoms with Gasteiger partial charge in [0.1, 0.15) is 0 Å². The van der Waals surface area contributed by atoms with Crippen molar-refractivity contribution in [3.8, 4) is 0 Å². The number of nitro benzene ring substituents is 1. The SMILES string of the molecule is O=C(c1ccc([N+](=O)[O-])cc1)N1CCN(C(=O)[C@H]2CCS(=O)(=O)C2)CC1. The molecule has 3 rings (SSSR count). The molecule has 0 aromatic heterocycles. The second-order valence-corrected chi connectivity index (χ2v) is 8.75. The minimum Gasteiger partial charge on any atom is -0.339 e. The van der Waals surface area contributed by atoms with E-state index in [-0.39, 0.29) is 29.0 Å². The van der Waals surface area contributed by atoms with E-state index in [1.54, 1.807) is 9.80 Å². The molecule has 0 spiro atoms. The fourth-order valence-electron chi connectivity index (χ4n) is 3.29. The van der Waals surface area contributed by atoms with Crippen LogP contribution >= 0.6 is 0 Å². The first-order valence-electron chi connectivity index (χ1n) is 8.30. The first kappa shape index (κ1) is 18.3. The number of rotatable bonds is 3. The van der Waals surface area contributed by atoms with Gasteiger partial charge in [0.05, 0.1) is 22.3 Å². The molecule has 0 bridgehead atoms. The number of hydrogen-bond acceptors (Lipinski definition) is 6. The fourth-order valence-corrected chi connectivity index (χ4v) is 5.02. The van der Waals surface area contributed by atoms with Gasteiger partial charge in [0, 0.05) is 43.9 Å². The molecule has 0 radical (unpaired) electrons. The Labute approximate surface area is 150 Å². The van der Waals surface area contributed by atoms with Crippen LogP contribution in [0.2, 0.25) is 0 Å². The van der Waals surface area contributed by atoms with Crippen LogP contribution in [0.5, 0.6) is 0 Å². The quantitative estimate of drug-likeness (QED) is 0.549. The largest absolute Gasteiger partial charge is 0.339 e. The summed E-state index contributed by atoms with van der Waals surface area (Å²) in [6.45, 7) is 1.41. The van der Waals surface area contributed by atoms with Crippen molar-refractivity contribution >= 4 is 27.3 Å². The van der Waals surface area contributed by atoms with Crippen molar-refractivity contribution in [2.45, 2.75) is 6.42 Å². The molecule has 10 heteroatoms. The molecule has 2 aliphatic heterocycles. The first-order valence-corrected chi connectivity index (χ1v) is 10.1. The molecule has 2 fully saturated rings. The highest BCUT2D eigenvalue weighted by Crippen LogP contribution is 2.22.